The highest BCUT2D eigenvalue weighted by molar-refractivity contribution is 7.98. The highest BCUT2D eigenvalue weighted by Gasteiger charge is 2.09. The van der Waals surface area contributed by atoms with Crippen molar-refractivity contribution in [2.24, 2.45) is 0 Å². The standard InChI is InChI=1S/C16H18F3NO3S/c17-11-1-3-13(4-2-11)22-9-12(21)7-20-8-14-5-6-15(23-14)10-24-16(18)19/h1-6,12,16,20-21H,7-10H2. The Labute approximate surface area is 142 Å². The van der Waals surface area contributed by atoms with Crippen LogP contribution in [-0.4, -0.2) is 30.1 Å². The normalized spacial score (nSPS) is 12.5. The average Bonchev–Trinajstić information content (AvgIpc) is 3.00. The molecule has 1 aromatic carbocycles. The number of furan rings is 1. The van der Waals surface area contributed by atoms with Gasteiger partial charge in [0.05, 0.1) is 12.3 Å². The fraction of sp³-hybridized carbons (Fsp3) is 0.375. The van der Waals surface area contributed by atoms with Gasteiger partial charge in [-0.25, -0.2) is 4.39 Å². The first-order chi connectivity index (χ1) is 11.5. The van der Waals surface area contributed by atoms with Gasteiger partial charge in [0.15, 0.2) is 0 Å². The second-order valence-electron chi connectivity index (χ2n) is 4.99. The summed E-state index contributed by atoms with van der Waals surface area (Å²) in [4.78, 5) is 0. The van der Waals surface area contributed by atoms with Gasteiger partial charge in [-0.2, -0.15) is 8.78 Å². The number of aliphatic hydroxyl groups is 1. The molecule has 1 atom stereocenters. The molecule has 0 spiro atoms. The van der Waals surface area contributed by atoms with Crippen molar-refractivity contribution in [3.05, 3.63) is 53.7 Å². The monoisotopic (exact) mass is 361 g/mol. The van der Waals surface area contributed by atoms with Crippen LogP contribution in [0.2, 0.25) is 0 Å². The number of aliphatic hydroxyl groups excluding tert-OH is 1. The van der Waals surface area contributed by atoms with Crippen molar-refractivity contribution in [2.75, 3.05) is 13.2 Å². The van der Waals surface area contributed by atoms with Crippen LogP contribution in [0.25, 0.3) is 0 Å². The van der Waals surface area contributed by atoms with E-state index < -0.39 is 11.9 Å². The lowest BCUT2D eigenvalue weighted by atomic mass is 10.3. The molecule has 1 heterocycles. The molecule has 0 saturated carbocycles. The molecule has 0 aliphatic heterocycles. The molecule has 0 aliphatic rings. The summed E-state index contributed by atoms with van der Waals surface area (Å²) in [7, 11) is 0. The molecule has 2 rings (SSSR count). The molecule has 8 heteroatoms. The SMILES string of the molecule is OC(CNCc1ccc(CSC(F)F)o1)COc1ccc(F)cc1. The molecule has 24 heavy (non-hydrogen) atoms. The summed E-state index contributed by atoms with van der Waals surface area (Å²) in [6, 6.07) is 8.88. The van der Waals surface area contributed by atoms with Gasteiger partial charge in [0.2, 0.25) is 0 Å². The van der Waals surface area contributed by atoms with E-state index in [1.54, 1.807) is 12.1 Å². The Kier molecular flexibility index (Phi) is 7.48. The maximum Gasteiger partial charge on any atom is 0.284 e. The number of halogens is 3. The summed E-state index contributed by atoms with van der Waals surface area (Å²) < 4.78 is 47.6. The van der Waals surface area contributed by atoms with E-state index in [0.717, 1.165) is 0 Å². The molecular weight excluding hydrogens is 343 g/mol. The van der Waals surface area contributed by atoms with Crippen molar-refractivity contribution in [1.29, 1.82) is 0 Å². The predicted molar refractivity (Wildman–Crippen MR) is 85.6 cm³/mol. The molecule has 132 valence electrons. The zero-order valence-electron chi connectivity index (χ0n) is 12.8. The third kappa shape index (κ3) is 6.86. The van der Waals surface area contributed by atoms with Gasteiger partial charge in [0, 0.05) is 6.54 Å². The van der Waals surface area contributed by atoms with Crippen LogP contribution in [0, 0.1) is 5.82 Å². The molecule has 2 N–H and O–H groups in total. The number of hydrogen-bond acceptors (Lipinski definition) is 5. The van der Waals surface area contributed by atoms with E-state index in [0.29, 0.717) is 35.6 Å². The third-order valence-electron chi connectivity index (χ3n) is 3.00. The van der Waals surface area contributed by atoms with E-state index in [4.69, 9.17) is 9.15 Å². The molecular formula is C16H18F3NO3S. The largest absolute Gasteiger partial charge is 0.491 e. The highest BCUT2D eigenvalue weighted by atomic mass is 32.2. The van der Waals surface area contributed by atoms with E-state index in [9.17, 15) is 18.3 Å². The van der Waals surface area contributed by atoms with Crippen LogP contribution in [0.4, 0.5) is 13.2 Å². The van der Waals surface area contributed by atoms with Gasteiger partial charge >= 0.3 is 0 Å². The third-order valence-corrected chi connectivity index (χ3v) is 3.71. The topological polar surface area (TPSA) is 54.6 Å². The molecule has 1 unspecified atom stereocenters. The molecule has 0 fully saturated rings. The Hall–Kier alpha value is -1.64. The van der Waals surface area contributed by atoms with Crippen LogP contribution in [0.1, 0.15) is 11.5 Å². The lowest BCUT2D eigenvalue weighted by Gasteiger charge is -2.12. The smallest absolute Gasteiger partial charge is 0.284 e. The summed E-state index contributed by atoms with van der Waals surface area (Å²) in [5.41, 5.74) is 0. The second kappa shape index (κ2) is 9.61. The van der Waals surface area contributed by atoms with Crippen LogP contribution in [0.15, 0.2) is 40.8 Å². The van der Waals surface area contributed by atoms with Crippen molar-refractivity contribution in [3.8, 4) is 5.75 Å². The van der Waals surface area contributed by atoms with Crippen molar-refractivity contribution in [3.63, 3.8) is 0 Å². The minimum absolute atomic E-state index is 0.0626. The van der Waals surface area contributed by atoms with Crippen molar-refractivity contribution in [1.82, 2.24) is 5.32 Å². The fourth-order valence-electron chi connectivity index (χ4n) is 1.88. The Morgan fingerprint density at radius 2 is 1.83 bits per heavy atom. The lowest BCUT2D eigenvalue weighted by Crippen LogP contribution is -2.31. The van der Waals surface area contributed by atoms with Crippen LogP contribution < -0.4 is 10.1 Å². The van der Waals surface area contributed by atoms with E-state index in [1.165, 1.54) is 24.3 Å². The molecule has 0 radical (unpaired) electrons. The van der Waals surface area contributed by atoms with Crippen molar-refractivity contribution >= 4 is 11.8 Å². The van der Waals surface area contributed by atoms with Crippen LogP contribution in [0.5, 0.6) is 5.75 Å². The van der Waals surface area contributed by atoms with Crippen molar-refractivity contribution in [2.45, 2.75) is 24.2 Å². The minimum atomic E-state index is -2.42. The highest BCUT2D eigenvalue weighted by Crippen LogP contribution is 2.21. The number of ether oxygens (including phenoxy) is 1. The van der Waals surface area contributed by atoms with E-state index in [2.05, 4.69) is 5.32 Å². The van der Waals surface area contributed by atoms with Gasteiger partial charge in [-0.15, -0.1) is 0 Å². The maximum atomic E-state index is 12.7. The van der Waals surface area contributed by atoms with Gasteiger partial charge in [-0.3, -0.25) is 0 Å². The zero-order chi connectivity index (χ0) is 17.4. The molecule has 0 saturated heterocycles. The molecule has 2 aromatic rings. The Balaban J connectivity index is 1.63. The second-order valence-corrected chi connectivity index (χ2v) is 5.97. The Morgan fingerprint density at radius 3 is 2.54 bits per heavy atom. The van der Waals surface area contributed by atoms with Gasteiger partial charge in [0.25, 0.3) is 5.76 Å². The van der Waals surface area contributed by atoms with Crippen LogP contribution in [0.3, 0.4) is 0 Å². The van der Waals surface area contributed by atoms with E-state index in [1.807, 2.05) is 0 Å². The zero-order valence-corrected chi connectivity index (χ0v) is 13.6. The quantitative estimate of drug-likeness (QED) is 0.679. The molecule has 0 amide bonds. The predicted octanol–water partition coefficient (Wildman–Crippen LogP) is 3.40. The summed E-state index contributed by atoms with van der Waals surface area (Å²) in [6.45, 7) is 0.697. The van der Waals surface area contributed by atoms with Crippen LogP contribution >= 0.6 is 11.8 Å². The molecule has 0 aliphatic carbocycles. The number of thioether (sulfide) groups is 1. The molecule has 1 aromatic heterocycles. The van der Waals surface area contributed by atoms with E-state index >= 15 is 0 Å². The Morgan fingerprint density at radius 1 is 1.12 bits per heavy atom. The van der Waals surface area contributed by atoms with Gasteiger partial charge < -0.3 is 19.6 Å². The summed E-state index contributed by atoms with van der Waals surface area (Å²) in [6.07, 6.45) is -0.751. The average molecular weight is 361 g/mol. The number of nitrogens with one attached hydrogen (secondary N) is 1. The number of alkyl halides is 2. The van der Waals surface area contributed by atoms with Gasteiger partial charge in [0.1, 0.15) is 35.8 Å². The lowest BCUT2D eigenvalue weighted by molar-refractivity contribution is 0.105. The first-order valence-electron chi connectivity index (χ1n) is 7.27. The first-order valence-corrected chi connectivity index (χ1v) is 8.32. The Bertz CT molecular complexity index is 607. The summed E-state index contributed by atoms with van der Waals surface area (Å²) in [5, 5.41) is 12.8. The van der Waals surface area contributed by atoms with E-state index in [-0.39, 0.29) is 24.7 Å². The maximum absolute atomic E-state index is 12.7. The number of hydrogen-bond donors (Lipinski definition) is 2. The number of benzene rings is 1. The van der Waals surface area contributed by atoms with Gasteiger partial charge in [-0.1, -0.05) is 11.8 Å². The van der Waals surface area contributed by atoms with Crippen LogP contribution in [-0.2, 0) is 12.3 Å². The first kappa shape index (κ1) is 18.7. The number of rotatable bonds is 10. The van der Waals surface area contributed by atoms with Crippen molar-refractivity contribution < 1.29 is 27.4 Å². The van der Waals surface area contributed by atoms with Gasteiger partial charge in [-0.05, 0) is 36.4 Å². The summed E-state index contributed by atoms with van der Waals surface area (Å²) in [5.74, 6) is -1.10. The minimum Gasteiger partial charge on any atom is -0.491 e. The summed E-state index contributed by atoms with van der Waals surface area (Å²) >= 11 is 0.504. The fourth-order valence-corrected chi connectivity index (χ4v) is 2.33. The molecule has 4 nitrogen and oxygen atoms in total. The molecule has 0 bridgehead atoms.